The second-order valence-electron chi connectivity index (χ2n) is 7.77. The van der Waals surface area contributed by atoms with E-state index in [0.29, 0.717) is 23.7 Å². The van der Waals surface area contributed by atoms with E-state index in [1.54, 1.807) is 12.1 Å². The van der Waals surface area contributed by atoms with E-state index in [1.807, 2.05) is 91.0 Å². The molecule has 0 aliphatic heterocycles. The molecule has 0 spiro atoms. The van der Waals surface area contributed by atoms with Crippen molar-refractivity contribution < 1.29 is 9.53 Å². The largest absolute Gasteiger partial charge is 0.422 e. The van der Waals surface area contributed by atoms with Crippen LogP contribution in [-0.2, 0) is 11.3 Å². The maximum absolute atomic E-state index is 12.9. The van der Waals surface area contributed by atoms with Gasteiger partial charge in [-0.2, -0.15) is 0 Å². The Kier molecular flexibility index (Phi) is 6.36. The van der Waals surface area contributed by atoms with Gasteiger partial charge in [0.05, 0.1) is 23.1 Å². The molecule has 5 rings (SSSR count). The molecular formula is C29H21BrN2O2. The average Bonchev–Trinajstić information content (AvgIpc) is 3.23. The van der Waals surface area contributed by atoms with E-state index >= 15 is 0 Å². The van der Waals surface area contributed by atoms with E-state index in [4.69, 9.17) is 9.72 Å². The van der Waals surface area contributed by atoms with Gasteiger partial charge in [-0.3, -0.25) is 0 Å². The van der Waals surface area contributed by atoms with Gasteiger partial charge in [0.25, 0.3) is 0 Å². The lowest BCUT2D eigenvalue weighted by Crippen LogP contribution is -2.06. The van der Waals surface area contributed by atoms with Gasteiger partial charge in [-0.15, -0.1) is 0 Å². The summed E-state index contributed by atoms with van der Waals surface area (Å²) in [6.07, 6.45) is 1.84. The minimum absolute atomic E-state index is 0.413. The van der Waals surface area contributed by atoms with Gasteiger partial charge < -0.3 is 9.30 Å². The number of nitrogens with zero attached hydrogens (tertiary/aromatic N) is 2. The van der Waals surface area contributed by atoms with Crippen molar-refractivity contribution in [2.24, 2.45) is 0 Å². The van der Waals surface area contributed by atoms with Crippen molar-refractivity contribution in [3.05, 3.63) is 136 Å². The standard InChI is InChI=1S/C29H21BrN2O2/c30-24-16-8-7-15-23(24)20-32-26-18-10-9-17-25(26)31-28(32)19-27(21-11-3-1-4-12-21)34-29(33)22-13-5-2-6-14-22/h1-19H,20H2/b27-19+. The van der Waals surface area contributed by atoms with Crippen LogP contribution in [0.2, 0.25) is 0 Å². The Balaban J connectivity index is 1.62. The first kappa shape index (κ1) is 21.9. The number of esters is 1. The summed E-state index contributed by atoms with van der Waals surface area (Å²) in [6, 6.07) is 34.7. The van der Waals surface area contributed by atoms with Crippen LogP contribution in [0.1, 0.15) is 27.3 Å². The third-order valence-corrected chi connectivity index (χ3v) is 6.27. The molecule has 1 heterocycles. The van der Waals surface area contributed by atoms with Gasteiger partial charge in [0.2, 0.25) is 0 Å². The molecule has 5 heteroatoms. The number of fused-ring (bicyclic) bond motifs is 1. The fourth-order valence-corrected chi connectivity index (χ4v) is 4.20. The minimum Gasteiger partial charge on any atom is -0.422 e. The molecule has 166 valence electrons. The van der Waals surface area contributed by atoms with Crippen molar-refractivity contribution in [2.75, 3.05) is 0 Å². The number of ether oxygens (including phenoxy) is 1. The molecule has 0 saturated heterocycles. The fourth-order valence-electron chi connectivity index (χ4n) is 3.79. The fraction of sp³-hybridized carbons (Fsp3) is 0.0345. The Morgan fingerprint density at radius 1 is 0.794 bits per heavy atom. The van der Waals surface area contributed by atoms with Crippen LogP contribution in [0.4, 0.5) is 0 Å². The Hall–Kier alpha value is -3.96. The van der Waals surface area contributed by atoms with E-state index in [9.17, 15) is 4.79 Å². The van der Waals surface area contributed by atoms with Crippen molar-refractivity contribution in [3.63, 3.8) is 0 Å². The van der Waals surface area contributed by atoms with Crippen molar-refractivity contribution in [1.29, 1.82) is 0 Å². The summed E-state index contributed by atoms with van der Waals surface area (Å²) >= 11 is 3.66. The first-order chi connectivity index (χ1) is 16.7. The molecule has 0 saturated carbocycles. The molecule has 0 bridgehead atoms. The van der Waals surface area contributed by atoms with Gasteiger partial charge in [0.15, 0.2) is 0 Å². The van der Waals surface area contributed by atoms with Gasteiger partial charge in [0, 0.05) is 16.1 Å². The molecule has 1 aromatic heterocycles. The number of aromatic nitrogens is 2. The summed E-state index contributed by atoms with van der Waals surface area (Å²) in [5, 5.41) is 0. The number of rotatable bonds is 6. The second kappa shape index (κ2) is 9.89. The number of para-hydroxylation sites is 2. The predicted octanol–water partition coefficient (Wildman–Crippen LogP) is 7.20. The van der Waals surface area contributed by atoms with Crippen LogP contribution in [0.3, 0.4) is 0 Å². The number of hydrogen-bond acceptors (Lipinski definition) is 3. The van der Waals surface area contributed by atoms with Crippen LogP contribution in [0.25, 0.3) is 22.9 Å². The van der Waals surface area contributed by atoms with Crippen LogP contribution in [0.5, 0.6) is 0 Å². The molecule has 0 N–H and O–H groups in total. The van der Waals surface area contributed by atoms with Crippen molar-refractivity contribution >= 4 is 44.8 Å². The molecule has 0 radical (unpaired) electrons. The van der Waals surface area contributed by atoms with Gasteiger partial charge >= 0.3 is 5.97 Å². The highest BCUT2D eigenvalue weighted by Gasteiger charge is 2.16. The molecule has 0 fully saturated rings. The zero-order valence-corrected chi connectivity index (χ0v) is 19.9. The van der Waals surface area contributed by atoms with E-state index in [1.165, 1.54) is 0 Å². The molecule has 34 heavy (non-hydrogen) atoms. The van der Waals surface area contributed by atoms with E-state index < -0.39 is 5.97 Å². The molecule has 0 atom stereocenters. The molecule has 0 amide bonds. The van der Waals surface area contributed by atoms with E-state index in [-0.39, 0.29) is 0 Å². The van der Waals surface area contributed by atoms with Crippen LogP contribution >= 0.6 is 15.9 Å². The number of hydrogen-bond donors (Lipinski definition) is 0. The van der Waals surface area contributed by atoms with Crippen molar-refractivity contribution in [1.82, 2.24) is 9.55 Å². The van der Waals surface area contributed by atoms with Gasteiger partial charge in [-0.05, 0) is 35.9 Å². The molecule has 0 aliphatic carbocycles. The lowest BCUT2D eigenvalue weighted by Gasteiger charge is -2.12. The highest BCUT2D eigenvalue weighted by atomic mass is 79.9. The number of imidazole rings is 1. The third kappa shape index (κ3) is 4.70. The summed E-state index contributed by atoms with van der Waals surface area (Å²) in [4.78, 5) is 17.8. The maximum Gasteiger partial charge on any atom is 0.343 e. The smallest absolute Gasteiger partial charge is 0.343 e. The topological polar surface area (TPSA) is 44.1 Å². The van der Waals surface area contributed by atoms with Crippen LogP contribution < -0.4 is 0 Å². The Labute approximate surface area is 206 Å². The maximum atomic E-state index is 12.9. The van der Waals surface area contributed by atoms with Crippen LogP contribution in [0, 0.1) is 0 Å². The highest BCUT2D eigenvalue weighted by Crippen LogP contribution is 2.26. The zero-order valence-electron chi connectivity index (χ0n) is 18.3. The van der Waals surface area contributed by atoms with Crippen LogP contribution in [-0.4, -0.2) is 15.5 Å². The summed E-state index contributed by atoms with van der Waals surface area (Å²) in [5.41, 5.74) is 4.30. The van der Waals surface area contributed by atoms with Gasteiger partial charge in [-0.1, -0.05) is 94.8 Å². The lowest BCUT2D eigenvalue weighted by atomic mass is 10.1. The van der Waals surface area contributed by atoms with E-state index in [0.717, 1.165) is 26.6 Å². The Morgan fingerprint density at radius 2 is 1.41 bits per heavy atom. The van der Waals surface area contributed by atoms with Gasteiger partial charge in [-0.25, -0.2) is 9.78 Å². The zero-order chi connectivity index (χ0) is 23.3. The SMILES string of the molecule is O=C(O/C(=C/c1nc2ccccc2n1Cc1ccccc1Br)c1ccccc1)c1ccccc1. The quantitative estimate of drug-likeness (QED) is 0.180. The number of carbonyl (C=O) groups excluding carboxylic acids is 1. The molecule has 0 unspecified atom stereocenters. The third-order valence-electron chi connectivity index (χ3n) is 5.50. The second-order valence-corrected chi connectivity index (χ2v) is 8.62. The summed E-state index contributed by atoms with van der Waals surface area (Å²) < 4.78 is 9.07. The average molecular weight is 509 g/mol. The minimum atomic E-state index is -0.413. The van der Waals surface area contributed by atoms with Crippen molar-refractivity contribution in [3.8, 4) is 0 Å². The molecule has 4 aromatic carbocycles. The van der Waals surface area contributed by atoms with E-state index in [2.05, 4.69) is 32.6 Å². The molecule has 4 nitrogen and oxygen atoms in total. The summed E-state index contributed by atoms with van der Waals surface area (Å²) in [7, 11) is 0. The normalized spacial score (nSPS) is 11.5. The first-order valence-electron chi connectivity index (χ1n) is 10.9. The number of carbonyl (C=O) groups is 1. The van der Waals surface area contributed by atoms with Gasteiger partial charge in [0.1, 0.15) is 11.6 Å². The van der Waals surface area contributed by atoms with Crippen LogP contribution in [0.15, 0.2) is 114 Å². The Morgan fingerprint density at radius 3 is 2.15 bits per heavy atom. The predicted molar refractivity (Wildman–Crippen MR) is 139 cm³/mol. The number of halogens is 1. The lowest BCUT2D eigenvalue weighted by molar-refractivity contribution is 0.0693. The monoisotopic (exact) mass is 508 g/mol. The molecular weight excluding hydrogens is 488 g/mol. The first-order valence-corrected chi connectivity index (χ1v) is 11.7. The number of benzene rings is 4. The highest BCUT2D eigenvalue weighted by molar-refractivity contribution is 9.10. The summed E-state index contributed by atoms with van der Waals surface area (Å²) in [6.45, 7) is 0.614. The molecule has 0 aliphatic rings. The summed E-state index contributed by atoms with van der Waals surface area (Å²) in [5.74, 6) is 0.735. The molecule has 5 aromatic rings. The van der Waals surface area contributed by atoms with Crippen molar-refractivity contribution in [2.45, 2.75) is 6.54 Å². The Bertz CT molecular complexity index is 1470.